The lowest BCUT2D eigenvalue weighted by atomic mass is 10.4. The van der Waals surface area contributed by atoms with Crippen molar-refractivity contribution < 1.29 is 9.90 Å². The molecule has 0 radical (unpaired) electrons. The highest BCUT2D eigenvalue weighted by atomic mass is 16.3. The molecule has 0 unspecified atom stereocenters. The van der Waals surface area contributed by atoms with E-state index in [1.165, 1.54) is 12.8 Å². The lowest BCUT2D eigenvalue weighted by molar-refractivity contribution is -0.122. The fraction of sp³-hybridized carbons (Fsp3) is 0.857. The van der Waals surface area contributed by atoms with E-state index < -0.39 is 0 Å². The molecule has 0 aromatic carbocycles. The van der Waals surface area contributed by atoms with Gasteiger partial charge in [-0.15, -0.1) is 0 Å². The average Bonchev–Trinajstić information content (AvgIpc) is 2.40. The van der Waals surface area contributed by atoms with Crippen molar-refractivity contribution in [1.82, 2.24) is 4.90 Å². The lowest BCUT2D eigenvalue weighted by Crippen LogP contribution is -2.28. The van der Waals surface area contributed by atoms with Gasteiger partial charge in [0.2, 0.25) is 0 Å². The predicted molar refractivity (Wildman–Crippen MR) is 37.8 cm³/mol. The minimum Gasteiger partial charge on any atom is -0.389 e. The number of rotatable bonds is 3. The van der Waals surface area contributed by atoms with E-state index in [1.54, 1.807) is 0 Å². The van der Waals surface area contributed by atoms with Crippen LogP contribution in [0.4, 0.5) is 0 Å². The molecule has 0 saturated carbocycles. The molecule has 1 aliphatic rings. The molecule has 0 aliphatic carbocycles. The van der Waals surface area contributed by atoms with Gasteiger partial charge in [-0.25, -0.2) is 0 Å². The van der Waals surface area contributed by atoms with Gasteiger partial charge >= 0.3 is 0 Å². The third-order valence-corrected chi connectivity index (χ3v) is 1.77. The third kappa shape index (κ3) is 2.08. The Balaban J connectivity index is 2.17. The predicted octanol–water partition coefficient (Wildman–Crippen LogP) is -0.356. The Bertz CT molecular complexity index is 119. The molecule has 1 saturated heterocycles. The van der Waals surface area contributed by atoms with Crippen molar-refractivity contribution in [2.75, 3.05) is 26.2 Å². The molecule has 1 aliphatic heterocycles. The summed E-state index contributed by atoms with van der Waals surface area (Å²) in [6.45, 7) is 2.17. The summed E-state index contributed by atoms with van der Waals surface area (Å²) in [7, 11) is 0. The van der Waals surface area contributed by atoms with E-state index in [9.17, 15) is 4.79 Å². The summed E-state index contributed by atoms with van der Waals surface area (Å²) in [6, 6.07) is 0. The molecule has 1 heterocycles. The van der Waals surface area contributed by atoms with Gasteiger partial charge in [-0.2, -0.15) is 0 Å². The molecule has 3 heteroatoms. The van der Waals surface area contributed by atoms with Crippen LogP contribution in [0.25, 0.3) is 0 Å². The summed E-state index contributed by atoms with van der Waals surface area (Å²) in [4.78, 5) is 12.8. The molecular formula is C7H13NO2. The van der Waals surface area contributed by atoms with Crippen LogP contribution < -0.4 is 0 Å². The Kier molecular flexibility index (Phi) is 2.83. The van der Waals surface area contributed by atoms with Gasteiger partial charge in [-0.3, -0.25) is 9.69 Å². The Morgan fingerprint density at radius 2 is 2.00 bits per heavy atom. The second kappa shape index (κ2) is 3.68. The molecule has 3 nitrogen and oxygen atoms in total. The SMILES string of the molecule is O=C(CO)CN1CCCC1. The van der Waals surface area contributed by atoms with Crippen molar-refractivity contribution in [3.63, 3.8) is 0 Å². The first-order valence-electron chi connectivity index (χ1n) is 3.68. The van der Waals surface area contributed by atoms with Crippen LogP contribution in [0.3, 0.4) is 0 Å². The van der Waals surface area contributed by atoms with E-state index >= 15 is 0 Å². The van der Waals surface area contributed by atoms with Gasteiger partial charge in [0.05, 0.1) is 6.54 Å². The molecule has 10 heavy (non-hydrogen) atoms. The van der Waals surface area contributed by atoms with Crippen LogP contribution in [-0.2, 0) is 4.79 Å². The van der Waals surface area contributed by atoms with Crippen LogP contribution in [0, 0.1) is 0 Å². The van der Waals surface area contributed by atoms with Crippen molar-refractivity contribution in [3.05, 3.63) is 0 Å². The number of Topliss-reactive ketones (excluding diaryl/α,β-unsaturated/α-hetero) is 1. The minimum atomic E-state index is -0.309. The summed E-state index contributed by atoms with van der Waals surface area (Å²) in [5, 5.41) is 8.42. The van der Waals surface area contributed by atoms with Gasteiger partial charge in [0.25, 0.3) is 0 Å². The Morgan fingerprint density at radius 1 is 1.40 bits per heavy atom. The number of likely N-dealkylation sites (tertiary alicyclic amines) is 1. The fourth-order valence-electron chi connectivity index (χ4n) is 1.24. The maximum atomic E-state index is 10.7. The number of ketones is 1. The van der Waals surface area contributed by atoms with Gasteiger partial charge < -0.3 is 5.11 Å². The highest BCUT2D eigenvalue weighted by Crippen LogP contribution is 2.05. The lowest BCUT2D eigenvalue weighted by Gasteiger charge is -2.11. The first kappa shape index (κ1) is 7.69. The number of nitrogens with zero attached hydrogens (tertiary/aromatic N) is 1. The normalized spacial score (nSPS) is 19.7. The van der Waals surface area contributed by atoms with Crippen LogP contribution in [0.1, 0.15) is 12.8 Å². The average molecular weight is 143 g/mol. The van der Waals surface area contributed by atoms with Gasteiger partial charge in [0.15, 0.2) is 5.78 Å². The van der Waals surface area contributed by atoms with Crippen molar-refractivity contribution in [1.29, 1.82) is 0 Å². The van der Waals surface area contributed by atoms with Gasteiger partial charge in [-0.1, -0.05) is 0 Å². The molecule has 0 aromatic rings. The van der Waals surface area contributed by atoms with Crippen molar-refractivity contribution in [3.8, 4) is 0 Å². The zero-order valence-electron chi connectivity index (χ0n) is 6.05. The molecule has 0 aromatic heterocycles. The fourth-order valence-corrected chi connectivity index (χ4v) is 1.24. The Labute approximate surface area is 60.6 Å². The molecule has 0 spiro atoms. The third-order valence-electron chi connectivity index (χ3n) is 1.77. The molecule has 1 rings (SSSR count). The van der Waals surface area contributed by atoms with Gasteiger partial charge in [0, 0.05) is 0 Å². The van der Waals surface area contributed by atoms with E-state index in [0.717, 1.165) is 13.1 Å². The number of carbonyl (C=O) groups excluding carboxylic acids is 1. The van der Waals surface area contributed by atoms with E-state index in [4.69, 9.17) is 5.11 Å². The zero-order chi connectivity index (χ0) is 7.40. The summed E-state index contributed by atoms with van der Waals surface area (Å²) in [6.07, 6.45) is 2.39. The highest BCUT2D eigenvalue weighted by molar-refractivity contribution is 5.81. The Hall–Kier alpha value is -0.410. The highest BCUT2D eigenvalue weighted by Gasteiger charge is 2.13. The van der Waals surface area contributed by atoms with E-state index in [0.29, 0.717) is 6.54 Å². The molecule has 1 fully saturated rings. The second-order valence-corrected chi connectivity index (χ2v) is 2.68. The smallest absolute Gasteiger partial charge is 0.172 e. The number of aliphatic hydroxyl groups excluding tert-OH is 1. The van der Waals surface area contributed by atoms with Crippen LogP contribution in [0.2, 0.25) is 0 Å². The number of aliphatic hydroxyl groups is 1. The topological polar surface area (TPSA) is 40.5 Å². The Morgan fingerprint density at radius 3 is 2.50 bits per heavy atom. The minimum absolute atomic E-state index is 0.0677. The quantitative estimate of drug-likeness (QED) is 0.586. The molecule has 1 N–H and O–H groups in total. The van der Waals surface area contributed by atoms with E-state index in [-0.39, 0.29) is 12.4 Å². The second-order valence-electron chi connectivity index (χ2n) is 2.68. The number of hydrogen-bond donors (Lipinski definition) is 1. The van der Waals surface area contributed by atoms with Crippen LogP contribution in [-0.4, -0.2) is 42.0 Å². The van der Waals surface area contributed by atoms with Crippen LogP contribution in [0.15, 0.2) is 0 Å². The summed E-state index contributed by atoms with van der Waals surface area (Å²) < 4.78 is 0. The van der Waals surface area contributed by atoms with Crippen LogP contribution in [0.5, 0.6) is 0 Å². The standard InChI is InChI=1S/C7H13NO2/c9-6-7(10)5-8-3-1-2-4-8/h9H,1-6H2. The van der Waals surface area contributed by atoms with E-state index in [2.05, 4.69) is 4.90 Å². The molecule has 0 bridgehead atoms. The summed E-state index contributed by atoms with van der Waals surface area (Å²) in [5.41, 5.74) is 0. The van der Waals surface area contributed by atoms with Crippen molar-refractivity contribution in [2.24, 2.45) is 0 Å². The van der Waals surface area contributed by atoms with Crippen LogP contribution >= 0.6 is 0 Å². The zero-order valence-corrected chi connectivity index (χ0v) is 6.05. The summed E-state index contributed by atoms with van der Waals surface area (Å²) >= 11 is 0. The largest absolute Gasteiger partial charge is 0.389 e. The number of carbonyl (C=O) groups is 1. The summed E-state index contributed by atoms with van der Waals surface area (Å²) in [5.74, 6) is -0.0677. The molecule has 0 atom stereocenters. The first-order valence-corrected chi connectivity index (χ1v) is 3.68. The number of hydrogen-bond acceptors (Lipinski definition) is 3. The van der Waals surface area contributed by atoms with E-state index in [1.807, 2.05) is 0 Å². The maximum absolute atomic E-state index is 10.7. The monoisotopic (exact) mass is 143 g/mol. The molecule has 58 valence electrons. The van der Waals surface area contributed by atoms with Crippen molar-refractivity contribution >= 4 is 5.78 Å². The first-order chi connectivity index (χ1) is 4.83. The molecular weight excluding hydrogens is 130 g/mol. The van der Waals surface area contributed by atoms with Gasteiger partial charge in [-0.05, 0) is 25.9 Å². The van der Waals surface area contributed by atoms with Crippen molar-refractivity contribution in [2.45, 2.75) is 12.8 Å². The molecule has 0 amide bonds. The maximum Gasteiger partial charge on any atom is 0.172 e. The van der Waals surface area contributed by atoms with Gasteiger partial charge in [0.1, 0.15) is 6.61 Å².